The minimum absolute atomic E-state index is 0.0113. The quantitative estimate of drug-likeness (QED) is 0.703. The Hall–Kier alpha value is -2.41. The number of rotatable bonds is 5. The first-order valence-corrected chi connectivity index (χ1v) is 7.22. The van der Waals surface area contributed by atoms with Gasteiger partial charge in [-0.05, 0) is 43.1 Å². The number of nitrogens with zero attached hydrogens (tertiary/aromatic N) is 4. The number of H-pyrrole nitrogens is 1. The summed E-state index contributed by atoms with van der Waals surface area (Å²) in [5.74, 6) is 0.581. The van der Waals surface area contributed by atoms with Gasteiger partial charge in [-0.15, -0.1) is 0 Å². The minimum atomic E-state index is 0.0113. The van der Waals surface area contributed by atoms with E-state index in [1.165, 1.54) is 0 Å². The van der Waals surface area contributed by atoms with E-state index < -0.39 is 0 Å². The third-order valence-corrected chi connectivity index (χ3v) is 3.03. The highest BCUT2D eigenvalue weighted by molar-refractivity contribution is 6.28. The number of pyridine rings is 1. The fourth-order valence-corrected chi connectivity index (χ4v) is 2.11. The summed E-state index contributed by atoms with van der Waals surface area (Å²) < 4.78 is 5.54. The highest BCUT2D eigenvalue weighted by Crippen LogP contribution is 2.23. The van der Waals surface area contributed by atoms with Crippen LogP contribution in [0.2, 0.25) is 5.28 Å². The van der Waals surface area contributed by atoms with Crippen LogP contribution in [0.15, 0.2) is 24.5 Å². The summed E-state index contributed by atoms with van der Waals surface area (Å²) in [5.41, 5.74) is 2.21. The van der Waals surface area contributed by atoms with Crippen LogP contribution in [0.25, 0.3) is 11.2 Å². The van der Waals surface area contributed by atoms with E-state index in [4.69, 9.17) is 16.3 Å². The molecule has 0 unspecified atom stereocenters. The van der Waals surface area contributed by atoms with E-state index in [2.05, 4.69) is 30.2 Å². The monoisotopic (exact) mass is 318 g/mol. The molecule has 0 saturated heterocycles. The molecule has 2 N–H and O–H groups in total. The van der Waals surface area contributed by atoms with Gasteiger partial charge in [0, 0.05) is 18.9 Å². The number of nitrogens with one attached hydrogen (secondary N) is 2. The topological polar surface area (TPSA) is 88.6 Å². The lowest BCUT2D eigenvalue weighted by atomic mass is 10.3. The van der Waals surface area contributed by atoms with Gasteiger partial charge >= 0.3 is 0 Å². The lowest BCUT2D eigenvalue weighted by molar-refractivity contribution is 0.225. The first kappa shape index (κ1) is 14.5. The third-order valence-electron chi connectivity index (χ3n) is 2.86. The minimum Gasteiger partial charge on any atom is -0.462 e. The fraction of sp³-hybridized carbons (Fsp3) is 0.286. The lowest BCUT2D eigenvalue weighted by Gasteiger charge is -2.06. The van der Waals surface area contributed by atoms with E-state index in [0.717, 1.165) is 5.56 Å². The van der Waals surface area contributed by atoms with E-state index in [-0.39, 0.29) is 11.4 Å². The number of halogens is 1. The van der Waals surface area contributed by atoms with Gasteiger partial charge in [0.05, 0.1) is 6.10 Å². The van der Waals surface area contributed by atoms with Gasteiger partial charge in [-0.3, -0.25) is 4.98 Å². The molecule has 3 aromatic rings. The van der Waals surface area contributed by atoms with Crippen molar-refractivity contribution in [1.29, 1.82) is 0 Å². The van der Waals surface area contributed by atoms with Gasteiger partial charge in [0.15, 0.2) is 11.5 Å². The van der Waals surface area contributed by atoms with Crippen molar-refractivity contribution in [2.75, 3.05) is 5.32 Å². The van der Waals surface area contributed by atoms with Crippen LogP contribution >= 0.6 is 11.6 Å². The third kappa shape index (κ3) is 3.25. The van der Waals surface area contributed by atoms with Crippen LogP contribution in [0.3, 0.4) is 0 Å². The average Bonchev–Trinajstić information content (AvgIpc) is 2.87. The van der Waals surface area contributed by atoms with E-state index in [1.54, 1.807) is 12.4 Å². The second kappa shape index (κ2) is 6.15. The molecule has 3 aromatic heterocycles. The van der Waals surface area contributed by atoms with Gasteiger partial charge in [-0.1, -0.05) is 0 Å². The summed E-state index contributed by atoms with van der Waals surface area (Å²) in [5, 5.41) is 3.35. The van der Waals surface area contributed by atoms with Gasteiger partial charge in [-0.25, -0.2) is 0 Å². The molecule has 0 aliphatic heterocycles. The van der Waals surface area contributed by atoms with Crippen LogP contribution in [0, 0.1) is 0 Å². The Morgan fingerprint density at radius 3 is 2.73 bits per heavy atom. The maximum absolute atomic E-state index is 5.95. The molecule has 0 aliphatic carbocycles. The largest absolute Gasteiger partial charge is 0.462 e. The molecule has 0 atom stereocenters. The number of fused-ring (bicyclic) bond motifs is 1. The molecule has 22 heavy (non-hydrogen) atoms. The standard InChI is InChI=1S/C14H15ClN6O/c1-8(2)22-14-18-10-11(19-13(15)20-12(10)21-14)17-7-9-3-5-16-6-4-9/h3-6,8H,7H2,1-2H3,(H2,17,18,19,20,21). The highest BCUT2D eigenvalue weighted by Gasteiger charge is 2.13. The molecule has 0 aliphatic rings. The molecule has 114 valence electrons. The molecule has 0 radical (unpaired) electrons. The summed E-state index contributed by atoms with van der Waals surface area (Å²) in [6, 6.07) is 4.24. The van der Waals surface area contributed by atoms with Crippen molar-refractivity contribution in [3.63, 3.8) is 0 Å². The van der Waals surface area contributed by atoms with Gasteiger partial charge in [0.1, 0.15) is 5.52 Å². The smallest absolute Gasteiger partial charge is 0.296 e. The van der Waals surface area contributed by atoms with Gasteiger partial charge < -0.3 is 15.0 Å². The summed E-state index contributed by atoms with van der Waals surface area (Å²) in [6.45, 7) is 4.44. The van der Waals surface area contributed by atoms with Gasteiger partial charge in [-0.2, -0.15) is 15.0 Å². The summed E-state index contributed by atoms with van der Waals surface area (Å²) in [6.07, 6.45) is 3.49. The van der Waals surface area contributed by atoms with Crippen LogP contribution < -0.4 is 10.1 Å². The van der Waals surface area contributed by atoms with E-state index in [9.17, 15) is 0 Å². The second-order valence-corrected chi connectivity index (χ2v) is 5.30. The van der Waals surface area contributed by atoms with Crippen molar-refractivity contribution in [3.05, 3.63) is 35.4 Å². The number of imidazole rings is 1. The summed E-state index contributed by atoms with van der Waals surface area (Å²) in [4.78, 5) is 19.6. The molecule has 0 bridgehead atoms. The predicted octanol–water partition coefficient (Wildman–Crippen LogP) is 2.80. The number of aromatic amines is 1. The van der Waals surface area contributed by atoms with Crippen molar-refractivity contribution >= 4 is 28.6 Å². The Morgan fingerprint density at radius 2 is 2.00 bits per heavy atom. The molecule has 0 aromatic carbocycles. The Morgan fingerprint density at radius 1 is 1.23 bits per heavy atom. The Balaban J connectivity index is 1.89. The van der Waals surface area contributed by atoms with Gasteiger partial charge in [0.25, 0.3) is 6.01 Å². The lowest BCUT2D eigenvalue weighted by Crippen LogP contribution is -2.06. The molecule has 3 rings (SSSR count). The number of aromatic nitrogens is 5. The zero-order valence-electron chi connectivity index (χ0n) is 12.2. The zero-order chi connectivity index (χ0) is 15.5. The van der Waals surface area contributed by atoms with E-state index in [0.29, 0.717) is 29.5 Å². The van der Waals surface area contributed by atoms with Crippen molar-refractivity contribution < 1.29 is 4.74 Å². The van der Waals surface area contributed by atoms with E-state index >= 15 is 0 Å². The number of hydrogen-bond donors (Lipinski definition) is 2. The van der Waals surface area contributed by atoms with Crippen molar-refractivity contribution in [2.45, 2.75) is 26.5 Å². The highest BCUT2D eigenvalue weighted by atomic mass is 35.5. The molecule has 0 fully saturated rings. The first-order chi connectivity index (χ1) is 10.6. The molecule has 7 nitrogen and oxygen atoms in total. The van der Waals surface area contributed by atoms with Crippen LogP contribution in [0.4, 0.5) is 5.82 Å². The Kier molecular flexibility index (Phi) is 4.06. The Labute approximate surface area is 132 Å². The molecular weight excluding hydrogens is 304 g/mol. The predicted molar refractivity (Wildman–Crippen MR) is 84.0 cm³/mol. The normalized spacial score (nSPS) is 11.1. The van der Waals surface area contributed by atoms with Crippen LogP contribution in [0.1, 0.15) is 19.4 Å². The van der Waals surface area contributed by atoms with Crippen LogP contribution in [-0.2, 0) is 6.54 Å². The summed E-state index contributed by atoms with van der Waals surface area (Å²) >= 11 is 5.95. The van der Waals surface area contributed by atoms with Crippen molar-refractivity contribution in [2.24, 2.45) is 0 Å². The Bertz CT molecular complexity index is 774. The van der Waals surface area contributed by atoms with Crippen molar-refractivity contribution in [1.82, 2.24) is 24.9 Å². The first-order valence-electron chi connectivity index (χ1n) is 6.84. The van der Waals surface area contributed by atoms with Gasteiger partial charge in [0.2, 0.25) is 5.28 Å². The average molecular weight is 319 g/mol. The fourth-order valence-electron chi connectivity index (χ4n) is 1.94. The molecule has 8 heteroatoms. The number of ether oxygens (including phenoxy) is 1. The van der Waals surface area contributed by atoms with Crippen LogP contribution in [0.5, 0.6) is 6.01 Å². The SMILES string of the molecule is CC(C)Oc1nc2nc(Cl)nc(NCc3ccncc3)c2[nH]1. The molecule has 0 saturated carbocycles. The maximum atomic E-state index is 5.95. The summed E-state index contributed by atoms with van der Waals surface area (Å²) in [7, 11) is 0. The van der Waals surface area contributed by atoms with E-state index in [1.807, 2.05) is 26.0 Å². The number of hydrogen-bond acceptors (Lipinski definition) is 6. The van der Waals surface area contributed by atoms with Crippen molar-refractivity contribution in [3.8, 4) is 6.01 Å². The number of anilines is 1. The molecule has 0 spiro atoms. The maximum Gasteiger partial charge on any atom is 0.296 e. The second-order valence-electron chi connectivity index (χ2n) is 4.96. The molecule has 0 amide bonds. The van der Waals surface area contributed by atoms with Crippen LogP contribution in [-0.4, -0.2) is 31.0 Å². The molecular formula is C14H15ClN6O. The molecule has 3 heterocycles. The zero-order valence-corrected chi connectivity index (χ0v) is 12.9.